The second-order valence-corrected chi connectivity index (χ2v) is 7.08. The summed E-state index contributed by atoms with van der Waals surface area (Å²) in [4.78, 5) is 23.5. The number of carbonyl (C=O) groups excluding carboxylic acids is 1. The molecule has 1 N–H and O–H groups in total. The fourth-order valence-electron chi connectivity index (χ4n) is 3.11. The van der Waals surface area contributed by atoms with Gasteiger partial charge in [-0.15, -0.1) is 10.2 Å². The van der Waals surface area contributed by atoms with Crippen molar-refractivity contribution in [2.45, 2.75) is 39.8 Å². The summed E-state index contributed by atoms with van der Waals surface area (Å²) in [5, 5.41) is 14.8. The van der Waals surface area contributed by atoms with E-state index in [1.165, 1.54) is 4.80 Å². The Balaban J connectivity index is 1.67. The topological polar surface area (TPSA) is 102 Å². The van der Waals surface area contributed by atoms with Crippen molar-refractivity contribution in [3.8, 4) is 0 Å². The van der Waals surface area contributed by atoms with Crippen LogP contribution in [0, 0.1) is 18.2 Å². The van der Waals surface area contributed by atoms with E-state index < -0.39 is 5.82 Å². The Morgan fingerprint density at radius 3 is 2.76 bits per heavy atom. The van der Waals surface area contributed by atoms with Crippen LogP contribution in [0.25, 0.3) is 0 Å². The van der Waals surface area contributed by atoms with Gasteiger partial charge in [0.15, 0.2) is 11.6 Å². The minimum Gasteiger partial charge on any atom is -0.350 e. The Morgan fingerprint density at radius 1 is 1.40 bits per heavy atom. The summed E-state index contributed by atoms with van der Waals surface area (Å²) >= 11 is 0. The molecule has 1 fully saturated rings. The number of likely N-dealkylation sites (tertiary alicyclic amines) is 1. The van der Waals surface area contributed by atoms with E-state index in [9.17, 15) is 9.18 Å². The fourth-order valence-corrected chi connectivity index (χ4v) is 3.11. The lowest BCUT2D eigenvalue weighted by Crippen LogP contribution is -2.52. The van der Waals surface area contributed by atoms with Crippen LogP contribution in [0.2, 0.25) is 0 Å². The first-order chi connectivity index (χ1) is 11.8. The first-order valence-electron chi connectivity index (χ1n) is 8.07. The standard InChI is InChI=1S/C15H21FN8O/c1-10-20-22-24(21-10)8-13(25)23-7-12(4-15(2,3)9-23)19-14-17-5-11(16)6-18-14/h5-6,12H,4,7-9H2,1-3H3,(H,17,18,19). The predicted octanol–water partition coefficient (Wildman–Crippen LogP) is 0.650. The number of halogens is 1. The molecule has 0 aliphatic carbocycles. The zero-order valence-electron chi connectivity index (χ0n) is 14.5. The highest BCUT2D eigenvalue weighted by atomic mass is 19.1. The molecule has 134 valence electrons. The third-order valence-electron chi connectivity index (χ3n) is 3.99. The molecule has 2 aromatic heterocycles. The average molecular weight is 348 g/mol. The smallest absolute Gasteiger partial charge is 0.246 e. The summed E-state index contributed by atoms with van der Waals surface area (Å²) in [5.41, 5.74) is -0.0721. The molecule has 3 heterocycles. The molecule has 1 atom stereocenters. The minimum absolute atomic E-state index is 0.0244. The largest absolute Gasteiger partial charge is 0.350 e. The Labute approximate surface area is 144 Å². The lowest BCUT2D eigenvalue weighted by Gasteiger charge is -2.42. The number of anilines is 1. The van der Waals surface area contributed by atoms with E-state index in [0.29, 0.717) is 24.9 Å². The van der Waals surface area contributed by atoms with E-state index in [0.717, 1.165) is 18.8 Å². The predicted molar refractivity (Wildman–Crippen MR) is 86.9 cm³/mol. The molecule has 2 aromatic rings. The van der Waals surface area contributed by atoms with Gasteiger partial charge in [-0.3, -0.25) is 4.79 Å². The molecule has 0 radical (unpaired) electrons. The quantitative estimate of drug-likeness (QED) is 0.865. The molecular formula is C15H21FN8O. The molecule has 9 nitrogen and oxygen atoms in total. The highest BCUT2D eigenvalue weighted by molar-refractivity contribution is 5.76. The van der Waals surface area contributed by atoms with Gasteiger partial charge in [0.25, 0.3) is 0 Å². The monoisotopic (exact) mass is 348 g/mol. The van der Waals surface area contributed by atoms with Gasteiger partial charge in [0.05, 0.1) is 12.4 Å². The van der Waals surface area contributed by atoms with Crippen molar-refractivity contribution in [3.05, 3.63) is 24.0 Å². The molecule has 25 heavy (non-hydrogen) atoms. The summed E-state index contributed by atoms with van der Waals surface area (Å²) in [5.74, 6) is 0.323. The zero-order valence-corrected chi connectivity index (χ0v) is 14.5. The van der Waals surface area contributed by atoms with Crippen LogP contribution in [-0.4, -0.2) is 60.1 Å². The van der Waals surface area contributed by atoms with E-state index in [1.807, 2.05) is 0 Å². The summed E-state index contributed by atoms with van der Waals surface area (Å²) in [7, 11) is 0. The van der Waals surface area contributed by atoms with Crippen LogP contribution >= 0.6 is 0 Å². The van der Waals surface area contributed by atoms with E-state index >= 15 is 0 Å². The molecule has 1 saturated heterocycles. The molecule has 1 aliphatic rings. The maximum Gasteiger partial charge on any atom is 0.246 e. The van der Waals surface area contributed by atoms with Gasteiger partial charge < -0.3 is 10.2 Å². The molecule has 0 spiro atoms. The maximum atomic E-state index is 12.9. The van der Waals surface area contributed by atoms with E-state index in [4.69, 9.17) is 0 Å². The van der Waals surface area contributed by atoms with Crippen molar-refractivity contribution in [2.24, 2.45) is 5.41 Å². The lowest BCUT2D eigenvalue weighted by atomic mass is 9.81. The van der Waals surface area contributed by atoms with Crippen LogP contribution in [0.4, 0.5) is 10.3 Å². The number of tetrazole rings is 1. The first-order valence-corrected chi connectivity index (χ1v) is 8.07. The third kappa shape index (κ3) is 4.46. The van der Waals surface area contributed by atoms with E-state index in [-0.39, 0.29) is 23.9 Å². The maximum absolute atomic E-state index is 12.9. The molecule has 0 bridgehead atoms. The zero-order chi connectivity index (χ0) is 18.0. The summed E-state index contributed by atoms with van der Waals surface area (Å²) < 4.78 is 12.9. The number of nitrogens with zero attached hydrogens (tertiary/aromatic N) is 7. The second-order valence-electron chi connectivity index (χ2n) is 7.08. The van der Waals surface area contributed by atoms with Gasteiger partial charge in [-0.25, -0.2) is 14.4 Å². The van der Waals surface area contributed by atoms with Gasteiger partial charge in [0, 0.05) is 19.1 Å². The van der Waals surface area contributed by atoms with Crippen molar-refractivity contribution >= 4 is 11.9 Å². The van der Waals surface area contributed by atoms with Crippen molar-refractivity contribution in [1.29, 1.82) is 0 Å². The SMILES string of the molecule is Cc1nnn(CC(=O)N2CC(Nc3ncc(F)cn3)CC(C)(C)C2)n1. The summed E-state index contributed by atoms with van der Waals surface area (Å²) in [6, 6.07) is -0.0244. The molecule has 1 amide bonds. The lowest BCUT2D eigenvalue weighted by molar-refractivity contribution is -0.135. The Kier molecular flexibility index (Phi) is 4.60. The van der Waals surface area contributed by atoms with Crippen LogP contribution < -0.4 is 5.32 Å². The van der Waals surface area contributed by atoms with Crippen LogP contribution in [-0.2, 0) is 11.3 Å². The molecule has 1 aliphatic heterocycles. The van der Waals surface area contributed by atoms with Gasteiger partial charge >= 0.3 is 0 Å². The Morgan fingerprint density at radius 2 is 2.12 bits per heavy atom. The van der Waals surface area contributed by atoms with E-state index in [2.05, 4.69) is 44.5 Å². The van der Waals surface area contributed by atoms with Crippen molar-refractivity contribution in [3.63, 3.8) is 0 Å². The minimum atomic E-state index is -0.484. The van der Waals surface area contributed by atoms with Crippen molar-refractivity contribution < 1.29 is 9.18 Å². The second kappa shape index (κ2) is 6.69. The number of amides is 1. The van der Waals surface area contributed by atoms with Gasteiger partial charge in [0.2, 0.25) is 11.9 Å². The van der Waals surface area contributed by atoms with Gasteiger partial charge in [-0.05, 0) is 24.0 Å². The molecule has 0 saturated carbocycles. The fraction of sp³-hybridized carbons (Fsp3) is 0.600. The number of piperidine rings is 1. The van der Waals surface area contributed by atoms with Crippen LogP contribution in [0.1, 0.15) is 26.1 Å². The van der Waals surface area contributed by atoms with Crippen LogP contribution in [0.15, 0.2) is 12.4 Å². The molecule has 1 unspecified atom stereocenters. The number of hydrogen-bond acceptors (Lipinski definition) is 7. The van der Waals surface area contributed by atoms with Gasteiger partial charge in [0.1, 0.15) is 6.54 Å². The van der Waals surface area contributed by atoms with Crippen LogP contribution in [0.3, 0.4) is 0 Å². The normalized spacial score (nSPS) is 19.7. The number of carbonyl (C=O) groups is 1. The Bertz CT molecular complexity index is 744. The van der Waals surface area contributed by atoms with Gasteiger partial charge in [-0.1, -0.05) is 13.8 Å². The van der Waals surface area contributed by atoms with E-state index in [1.54, 1.807) is 11.8 Å². The Hall–Kier alpha value is -2.65. The number of aromatic nitrogens is 6. The number of rotatable bonds is 4. The van der Waals surface area contributed by atoms with Gasteiger partial charge in [-0.2, -0.15) is 4.80 Å². The highest BCUT2D eigenvalue weighted by Gasteiger charge is 2.35. The molecule has 3 rings (SSSR count). The highest BCUT2D eigenvalue weighted by Crippen LogP contribution is 2.30. The first kappa shape index (κ1) is 17.2. The summed E-state index contributed by atoms with van der Waals surface area (Å²) in [6.07, 6.45) is 3.08. The molecule has 0 aromatic carbocycles. The van der Waals surface area contributed by atoms with Crippen LogP contribution in [0.5, 0.6) is 0 Å². The number of aryl methyl sites for hydroxylation is 1. The average Bonchev–Trinajstić information content (AvgIpc) is 2.93. The van der Waals surface area contributed by atoms with Crippen molar-refractivity contribution in [1.82, 2.24) is 35.1 Å². The summed E-state index contributed by atoms with van der Waals surface area (Å²) in [6.45, 7) is 7.13. The molecule has 10 heteroatoms. The molecular weight excluding hydrogens is 327 g/mol. The third-order valence-corrected chi connectivity index (χ3v) is 3.99. The number of nitrogens with one attached hydrogen (secondary N) is 1. The number of hydrogen-bond donors (Lipinski definition) is 1. The van der Waals surface area contributed by atoms with Crippen molar-refractivity contribution in [2.75, 3.05) is 18.4 Å².